The van der Waals surface area contributed by atoms with Crippen molar-refractivity contribution in [2.24, 2.45) is 0 Å². The number of carbonyl (C=O) groups excluding carboxylic acids is 1. The number of esters is 1. The second-order valence-electron chi connectivity index (χ2n) is 5.98. The number of hydrogen-bond acceptors (Lipinski definition) is 5. The van der Waals surface area contributed by atoms with Crippen molar-refractivity contribution in [1.29, 1.82) is 0 Å². The van der Waals surface area contributed by atoms with Crippen molar-refractivity contribution >= 4 is 28.3 Å². The van der Waals surface area contributed by atoms with E-state index in [1.165, 1.54) is 0 Å². The summed E-state index contributed by atoms with van der Waals surface area (Å²) in [6.45, 7) is 2.05. The van der Waals surface area contributed by atoms with Gasteiger partial charge < -0.3 is 9.15 Å². The van der Waals surface area contributed by atoms with Gasteiger partial charge in [0.05, 0.1) is 12.1 Å². The summed E-state index contributed by atoms with van der Waals surface area (Å²) in [6.07, 6.45) is 0.193. The molecule has 0 N–H and O–H groups in total. The van der Waals surface area contributed by atoms with Crippen LogP contribution in [0.1, 0.15) is 17.0 Å². The van der Waals surface area contributed by atoms with Crippen molar-refractivity contribution in [3.05, 3.63) is 77.0 Å². The average Bonchev–Trinajstić information content (AvgIpc) is 3.26. The van der Waals surface area contributed by atoms with E-state index < -0.39 is 0 Å². The Morgan fingerprint density at radius 3 is 2.73 bits per heavy atom. The van der Waals surface area contributed by atoms with Gasteiger partial charge in [0.25, 0.3) is 0 Å². The summed E-state index contributed by atoms with van der Waals surface area (Å²) < 4.78 is 11.1. The van der Waals surface area contributed by atoms with Crippen LogP contribution < -0.4 is 0 Å². The Labute approximate surface area is 155 Å². The molecule has 2 aromatic heterocycles. The first-order valence-corrected chi connectivity index (χ1v) is 9.21. The lowest BCUT2D eigenvalue weighted by Crippen LogP contribution is -2.08. The molecule has 4 rings (SSSR count). The van der Waals surface area contributed by atoms with Crippen LogP contribution in [0.2, 0.25) is 0 Å². The lowest BCUT2D eigenvalue weighted by molar-refractivity contribution is -0.144. The van der Waals surface area contributed by atoms with Crippen LogP contribution in [-0.2, 0) is 22.6 Å². The molecule has 2 aromatic carbocycles. The topological polar surface area (TPSA) is 52.3 Å². The maximum atomic E-state index is 12.3. The first-order valence-electron chi connectivity index (χ1n) is 8.33. The Kier molecular flexibility index (Phi) is 4.54. The molecule has 0 saturated heterocycles. The van der Waals surface area contributed by atoms with Gasteiger partial charge in [-0.3, -0.25) is 4.79 Å². The molecule has 5 heteroatoms. The minimum Gasteiger partial charge on any atom is -0.461 e. The van der Waals surface area contributed by atoms with E-state index in [4.69, 9.17) is 9.15 Å². The number of ether oxygens (including phenoxy) is 1. The number of para-hydroxylation sites is 1. The molecule has 4 aromatic rings. The zero-order valence-electron chi connectivity index (χ0n) is 14.3. The van der Waals surface area contributed by atoms with Crippen molar-refractivity contribution in [3.63, 3.8) is 0 Å². The predicted molar refractivity (Wildman–Crippen MR) is 102 cm³/mol. The van der Waals surface area contributed by atoms with Gasteiger partial charge in [-0.05, 0) is 13.0 Å². The summed E-state index contributed by atoms with van der Waals surface area (Å²) in [4.78, 5) is 16.8. The van der Waals surface area contributed by atoms with E-state index in [1.807, 2.05) is 66.9 Å². The molecule has 0 aliphatic carbocycles. The number of fused-ring (bicyclic) bond motifs is 1. The van der Waals surface area contributed by atoms with E-state index in [1.54, 1.807) is 11.3 Å². The quantitative estimate of drug-likeness (QED) is 0.460. The number of aryl methyl sites for hydroxylation is 1. The Hall–Kier alpha value is -2.92. The van der Waals surface area contributed by atoms with Gasteiger partial charge in [0.1, 0.15) is 23.0 Å². The number of thiazole rings is 1. The molecule has 0 saturated carbocycles. The Bertz CT molecular complexity index is 1050. The smallest absolute Gasteiger partial charge is 0.310 e. The second-order valence-corrected chi connectivity index (χ2v) is 6.84. The minimum atomic E-state index is -0.283. The van der Waals surface area contributed by atoms with Crippen molar-refractivity contribution < 1.29 is 13.9 Å². The highest BCUT2D eigenvalue weighted by Crippen LogP contribution is 2.26. The number of furan rings is 1. The van der Waals surface area contributed by atoms with Crippen LogP contribution in [0.4, 0.5) is 0 Å². The number of benzene rings is 2. The van der Waals surface area contributed by atoms with Crippen LogP contribution in [0.5, 0.6) is 0 Å². The second kappa shape index (κ2) is 7.14. The van der Waals surface area contributed by atoms with Crippen LogP contribution in [-0.4, -0.2) is 11.0 Å². The first kappa shape index (κ1) is 16.5. The molecule has 0 fully saturated rings. The molecule has 0 aliphatic heterocycles. The first-order chi connectivity index (χ1) is 12.7. The molecule has 0 spiro atoms. The number of hydrogen-bond donors (Lipinski definition) is 0. The summed E-state index contributed by atoms with van der Waals surface area (Å²) in [5.74, 6) is 0.470. The SMILES string of the molecule is Cc1oc2ccccc2c1CC(=O)OCc1csc(-c2ccccc2)n1. The predicted octanol–water partition coefficient (Wildman–Crippen LogP) is 5.15. The molecular formula is C21H17NO3S. The molecule has 0 bridgehead atoms. The maximum absolute atomic E-state index is 12.3. The molecule has 0 atom stereocenters. The summed E-state index contributed by atoms with van der Waals surface area (Å²) >= 11 is 1.55. The number of aromatic nitrogens is 1. The van der Waals surface area contributed by atoms with Crippen molar-refractivity contribution in [1.82, 2.24) is 4.98 Å². The fourth-order valence-corrected chi connectivity index (χ4v) is 3.69. The van der Waals surface area contributed by atoms with Gasteiger partial charge in [0.15, 0.2) is 0 Å². The lowest BCUT2D eigenvalue weighted by Gasteiger charge is -2.03. The van der Waals surface area contributed by atoms with Crippen LogP contribution in [0.25, 0.3) is 21.5 Å². The Balaban J connectivity index is 1.41. The third kappa shape index (κ3) is 3.39. The van der Waals surface area contributed by atoms with Gasteiger partial charge in [-0.1, -0.05) is 48.5 Å². The van der Waals surface area contributed by atoms with E-state index in [9.17, 15) is 4.79 Å². The van der Waals surface area contributed by atoms with Gasteiger partial charge >= 0.3 is 5.97 Å². The largest absolute Gasteiger partial charge is 0.461 e. The molecule has 4 nitrogen and oxygen atoms in total. The third-order valence-corrected chi connectivity index (χ3v) is 5.12. The van der Waals surface area contributed by atoms with Gasteiger partial charge in [-0.15, -0.1) is 11.3 Å². The number of carbonyl (C=O) groups is 1. The van der Waals surface area contributed by atoms with Crippen molar-refractivity contribution in [2.45, 2.75) is 20.0 Å². The van der Waals surface area contributed by atoms with E-state index in [2.05, 4.69) is 4.98 Å². The maximum Gasteiger partial charge on any atom is 0.310 e. The zero-order valence-corrected chi connectivity index (χ0v) is 15.1. The highest BCUT2D eigenvalue weighted by atomic mass is 32.1. The van der Waals surface area contributed by atoms with Gasteiger partial charge in [-0.25, -0.2) is 4.98 Å². The Morgan fingerprint density at radius 1 is 1.12 bits per heavy atom. The molecule has 0 unspecified atom stereocenters. The van der Waals surface area contributed by atoms with Crippen LogP contribution >= 0.6 is 11.3 Å². The number of rotatable bonds is 5. The molecule has 0 radical (unpaired) electrons. The third-order valence-electron chi connectivity index (χ3n) is 4.17. The standard InChI is InChI=1S/C21H17NO3S/c1-14-18(17-9-5-6-10-19(17)25-14)11-20(23)24-12-16-13-26-21(22-16)15-7-3-2-4-8-15/h2-10,13H,11-12H2,1H3. The minimum absolute atomic E-state index is 0.178. The van der Waals surface area contributed by atoms with Crippen LogP contribution in [0, 0.1) is 6.92 Å². The fraction of sp³-hybridized carbons (Fsp3) is 0.143. The van der Waals surface area contributed by atoms with Crippen molar-refractivity contribution in [3.8, 4) is 10.6 Å². The fourth-order valence-electron chi connectivity index (χ4n) is 2.88. The monoisotopic (exact) mass is 363 g/mol. The molecule has 130 valence electrons. The summed E-state index contributed by atoms with van der Waals surface area (Å²) in [7, 11) is 0. The molecule has 26 heavy (non-hydrogen) atoms. The van der Waals surface area contributed by atoms with Crippen LogP contribution in [0.15, 0.2) is 64.4 Å². The lowest BCUT2D eigenvalue weighted by atomic mass is 10.1. The van der Waals surface area contributed by atoms with E-state index >= 15 is 0 Å². The van der Waals surface area contributed by atoms with E-state index in [0.717, 1.165) is 38.6 Å². The van der Waals surface area contributed by atoms with E-state index in [0.29, 0.717) is 0 Å². The molecular weight excluding hydrogens is 346 g/mol. The zero-order chi connectivity index (χ0) is 17.9. The summed E-state index contributed by atoms with van der Waals surface area (Å²) in [6, 6.07) is 17.7. The average molecular weight is 363 g/mol. The molecule has 0 amide bonds. The highest BCUT2D eigenvalue weighted by Gasteiger charge is 2.15. The van der Waals surface area contributed by atoms with Gasteiger partial charge in [0.2, 0.25) is 0 Å². The van der Waals surface area contributed by atoms with Gasteiger partial charge in [-0.2, -0.15) is 0 Å². The highest BCUT2D eigenvalue weighted by molar-refractivity contribution is 7.13. The molecule has 0 aliphatic rings. The normalized spacial score (nSPS) is 11.0. The summed E-state index contributed by atoms with van der Waals surface area (Å²) in [5, 5.41) is 3.81. The van der Waals surface area contributed by atoms with E-state index in [-0.39, 0.29) is 19.0 Å². The molecule has 2 heterocycles. The van der Waals surface area contributed by atoms with Gasteiger partial charge in [0, 0.05) is 21.9 Å². The van der Waals surface area contributed by atoms with Crippen LogP contribution in [0.3, 0.4) is 0 Å². The summed E-state index contributed by atoms with van der Waals surface area (Å²) in [5.41, 5.74) is 3.50. The number of nitrogens with zero attached hydrogens (tertiary/aromatic N) is 1. The Morgan fingerprint density at radius 2 is 1.88 bits per heavy atom. The van der Waals surface area contributed by atoms with Crippen molar-refractivity contribution in [2.75, 3.05) is 0 Å².